The SMILES string of the molecule is CC(C)[C@@H]1N=C(Nc2ccc(CCNC3Nc4ccc(Cl)cc4S3)cc2)SC1=O. The van der Waals surface area contributed by atoms with Gasteiger partial charge in [-0.1, -0.05) is 49.3 Å². The topological polar surface area (TPSA) is 65.5 Å². The molecule has 2 aromatic rings. The minimum Gasteiger partial charge on any atom is -0.360 e. The molecule has 2 atom stereocenters. The Kier molecular flexibility index (Phi) is 6.39. The average molecular weight is 447 g/mol. The lowest BCUT2D eigenvalue weighted by Crippen LogP contribution is -2.32. The van der Waals surface area contributed by atoms with E-state index >= 15 is 0 Å². The average Bonchev–Trinajstić information content (AvgIpc) is 3.25. The molecule has 0 saturated heterocycles. The van der Waals surface area contributed by atoms with Gasteiger partial charge >= 0.3 is 0 Å². The van der Waals surface area contributed by atoms with Crippen LogP contribution in [0.2, 0.25) is 5.02 Å². The second-order valence-corrected chi connectivity index (χ2v) is 9.93. The second-order valence-electron chi connectivity index (χ2n) is 7.35. The normalized spacial score (nSPS) is 20.6. The third-order valence-corrected chi connectivity index (χ3v) is 6.94. The van der Waals surface area contributed by atoms with Gasteiger partial charge in [0.15, 0.2) is 5.17 Å². The maximum atomic E-state index is 12.0. The van der Waals surface area contributed by atoms with E-state index in [4.69, 9.17) is 11.6 Å². The van der Waals surface area contributed by atoms with Crippen molar-refractivity contribution >= 4 is 56.8 Å². The number of hydrogen-bond donors (Lipinski definition) is 3. The predicted molar refractivity (Wildman–Crippen MR) is 125 cm³/mol. The number of benzene rings is 2. The highest BCUT2D eigenvalue weighted by Gasteiger charge is 2.30. The van der Waals surface area contributed by atoms with Crippen LogP contribution in [0, 0.1) is 5.92 Å². The van der Waals surface area contributed by atoms with E-state index < -0.39 is 0 Å². The molecule has 0 amide bonds. The molecule has 3 N–H and O–H groups in total. The minimum absolute atomic E-state index is 0.119. The van der Waals surface area contributed by atoms with Crippen LogP contribution >= 0.6 is 35.1 Å². The van der Waals surface area contributed by atoms with Crippen molar-refractivity contribution in [3.8, 4) is 0 Å². The van der Waals surface area contributed by atoms with Crippen molar-refractivity contribution in [2.24, 2.45) is 10.9 Å². The minimum atomic E-state index is -0.239. The molecule has 8 heteroatoms. The summed E-state index contributed by atoms with van der Waals surface area (Å²) < 4.78 is 0. The molecule has 0 aliphatic carbocycles. The van der Waals surface area contributed by atoms with Crippen molar-refractivity contribution in [3.05, 3.63) is 53.1 Å². The zero-order chi connectivity index (χ0) is 20.4. The fraction of sp³-hybridized carbons (Fsp3) is 0.333. The van der Waals surface area contributed by atoms with Crippen molar-refractivity contribution in [3.63, 3.8) is 0 Å². The number of nitrogens with zero attached hydrogens (tertiary/aromatic N) is 1. The molecule has 2 aliphatic rings. The van der Waals surface area contributed by atoms with E-state index in [2.05, 4.69) is 33.1 Å². The first-order valence-electron chi connectivity index (χ1n) is 9.59. The van der Waals surface area contributed by atoms with Crippen LogP contribution in [0.3, 0.4) is 0 Å². The van der Waals surface area contributed by atoms with Crippen molar-refractivity contribution in [1.29, 1.82) is 0 Å². The smallest absolute Gasteiger partial charge is 0.221 e. The zero-order valence-corrected chi connectivity index (χ0v) is 18.6. The van der Waals surface area contributed by atoms with Gasteiger partial charge in [-0.15, -0.1) is 0 Å². The highest BCUT2D eigenvalue weighted by atomic mass is 35.5. The Labute approximate surface area is 184 Å². The van der Waals surface area contributed by atoms with Crippen LogP contribution in [-0.2, 0) is 11.2 Å². The Morgan fingerprint density at radius 1 is 1.21 bits per heavy atom. The van der Waals surface area contributed by atoms with Crippen molar-refractivity contribution < 1.29 is 4.79 Å². The largest absolute Gasteiger partial charge is 0.360 e. The molecular formula is C21H23ClN4OS2. The molecule has 2 aromatic carbocycles. The van der Waals surface area contributed by atoms with Crippen LogP contribution in [0.1, 0.15) is 19.4 Å². The Hall–Kier alpha value is -1.67. The molecular weight excluding hydrogens is 424 g/mol. The maximum Gasteiger partial charge on any atom is 0.221 e. The number of hydrogen-bond acceptors (Lipinski definition) is 7. The number of anilines is 2. The van der Waals surface area contributed by atoms with Crippen molar-refractivity contribution in [2.75, 3.05) is 17.2 Å². The zero-order valence-electron chi connectivity index (χ0n) is 16.2. The third kappa shape index (κ3) is 5.09. The lowest BCUT2D eigenvalue weighted by molar-refractivity contribution is -0.112. The van der Waals surface area contributed by atoms with Crippen LogP contribution in [0.5, 0.6) is 0 Å². The Morgan fingerprint density at radius 3 is 2.72 bits per heavy atom. The van der Waals surface area contributed by atoms with Gasteiger partial charge in [0.25, 0.3) is 0 Å². The monoisotopic (exact) mass is 446 g/mol. The number of halogens is 1. The summed E-state index contributed by atoms with van der Waals surface area (Å²) in [5.74, 6) is 0.224. The van der Waals surface area contributed by atoms with Crippen LogP contribution in [0.4, 0.5) is 11.4 Å². The molecule has 29 heavy (non-hydrogen) atoms. The maximum absolute atomic E-state index is 12.0. The number of carbonyl (C=O) groups is 1. The van der Waals surface area contributed by atoms with Gasteiger partial charge in [-0.2, -0.15) is 0 Å². The number of fused-ring (bicyclic) bond motifs is 1. The van der Waals surface area contributed by atoms with Crippen LogP contribution in [0.15, 0.2) is 52.4 Å². The van der Waals surface area contributed by atoms with Gasteiger partial charge in [0.05, 0.1) is 0 Å². The summed E-state index contributed by atoms with van der Waals surface area (Å²) in [6, 6.07) is 14.0. The molecule has 0 fully saturated rings. The summed E-state index contributed by atoms with van der Waals surface area (Å²) in [7, 11) is 0. The van der Waals surface area contributed by atoms with Gasteiger partial charge in [0.2, 0.25) is 5.12 Å². The van der Waals surface area contributed by atoms with Crippen molar-refractivity contribution in [1.82, 2.24) is 5.32 Å². The summed E-state index contributed by atoms with van der Waals surface area (Å²) in [4.78, 5) is 17.6. The van der Waals surface area contributed by atoms with Gasteiger partial charge in [-0.25, -0.2) is 4.99 Å². The first-order valence-corrected chi connectivity index (χ1v) is 11.7. The highest BCUT2D eigenvalue weighted by Crippen LogP contribution is 2.38. The Balaban J connectivity index is 1.24. The molecule has 0 aromatic heterocycles. The second kappa shape index (κ2) is 9.00. The number of amidine groups is 1. The molecule has 2 heterocycles. The van der Waals surface area contributed by atoms with Gasteiger partial charge in [-0.3, -0.25) is 10.1 Å². The van der Waals surface area contributed by atoms with Gasteiger partial charge < -0.3 is 10.6 Å². The predicted octanol–water partition coefficient (Wildman–Crippen LogP) is 5.04. The number of carbonyl (C=O) groups excluding carboxylic acids is 1. The van der Waals surface area contributed by atoms with Crippen LogP contribution in [0.25, 0.3) is 0 Å². The summed E-state index contributed by atoms with van der Waals surface area (Å²) in [5.41, 5.74) is 3.49. The lowest BCUT2D eigenvalue weighted by Gasteiger charge is -2.13. The molecule has 1 unspecified atom stereocenters. The summed E-state index contributed by atoms with van der Waals surface area (Å²) in [6.45, 7) is 4.91. The van der Waals surface area contributed by atoms with Crippen LogP contribution in [-0.4, -0.2) is 28.4 Å². The van der Waals surface area contributed by atoms with E-state index in [1.165, 1.54) is 22.2 Å². The standard InChI is InChI=1S/C21H23ClN4OS2/c1-12(2)18-19(27)29-21(26-18)24-15-6-3-13(4-7-15)9-10-23-20-25-16-8-5-14(22)11-17(16)28-20/h3-8,11-12,18,20,23,25H,9-10H2,1-2H3,(H,24,26)/t18-,20?/m0/s1. The summed E-state index contributed by atoms with van der Waals surface area (Å²) in [5, 5.41) is 11.8. The molecule has 5 nitrogen and oxygen atoms in total. The van der Waals surface area contributed by atoms with Crippen molar-refractivity contribution in [2.45, 2.75) is 36.7 Å². The molecule has 0 spiro atoms. The Bertz CT molecular complexity index is 933. The molecule has 2 aliphatic heterocycles. The number of thioether (sulfide) groups is 2. The number of nitrogens with one attached hydrogen (secondary N) is 3. The van der Waals surface area contributed by atoms with E-state index in [-0.39, 0.29) is 22.6 Å². The van der Waals surface area contributed by atoms with Gasteiger partial charge in [-0.05, 0) is 60.0 Å². The number of aliphatic imine (C=N–C) groups is 1. The fourth-order valence-electron chi connectivity index (χ4n) is 3.17. The van der Waals surface area contributed by atoms with E-state index in [1.807, 2.05) is 44.2 Å². The third-order valence-electron chi connectivity index (χ3n) is 4.75. The molecule has 0 saturated carbocycles. The Morgan fingerprint density at radius 2 is 2.00 bits per heavy atom. The first kappa shape index (κ1) is 20.6. The number of rotatable bonds is 6. The molecule has 0 radical (unpaired) electrons. The van der Waals surface area contributed by atoms with E-state index in [0.29, 0.717) is 5.17 Å². The lowest BCUT2D eigenvalue weighted by atomic mass is 10.1. The highest BCUT2D eigenvalue weighted by molar-refractivity contribution is 8.27. The van der Waals surface area contributed by atoms with E-state index in [1.54, 1.807) is 11.8 Å². The fourth-order valence-corrected chi connectivity index (χ4v) is 5.47. The quantitative estimate of drug-likeness (QED) is 0.577. The van der Waals surface area contributed by atoms with E-state index in [0.717, 1.165) is 29.4 Å². The first-order chi connectivity index (χ1) is 14.0. The van der Waals surface area contributed by atoms with Gasteiger partial charge in [0.1, 0.15) is 11.5 Å². The van der Waals surface area contributed by atoms with E-state index in [9.17, 15) is 4.79 Å². The van der Waals surface area contributed by atoms with Crippen LogP contribution < -0.4 is 16.0 Å². The summed E-state index contributed by atoms with van der Waals surface area (Å²) >= 11 is 9.00. The summed E-state index contributed by atoms with van der Waals surface area (Å²) in [6.07, 6.45) is 0.930. The molecule has 152 valence electrons. The van der Waals surface area contributed by atoms with Gasteiger partial charge in [0, 0.05) is 27.8 Å². The molecule has 0 bridgehead atoms. The molecule has 4 rings (SSSR count).